The molecule has 0 radical (unpaired) electrons. The summed E-state index contributed by atoms with van der Waals surface area (Å²) in [7, 11) is 1.24. The van der Waals surface area contributed by atoms with E-state index in [0.29, 0.717) is 24.0 Å². The largest absolute Gasteiger partial charge is 0.482 e. The second-order valence-electron chi connectivity index (χ2n) is 5.91. The fraction of sp³-hybridized carbons (Fsp3) is 0.444. The molecule has 0 aliphatic rings. The summed E-state index contributed by atoms with van der Waals surface area (Å²) in [6.07, 6.45) is 1.10. The molecule has 0 unspecified atom stereocenters. The maximum Gasteiger partial charge on any atom is 0.344 e. The van der Waals surface area contributed by atoms with Crippen LogP contribution in [0.3, 0.4) is 0 Å². The van der Waals surface area contributed by atoms with Crippen LogP contribution in [0, 0.1) is 5.92 Å². The van der Waals surface area contributed by atoms with Crippen molar-refractivity contribution >= 4 is 24.1 Å². The first-order chi connectivity index (χ1) is 12.3. The normalized spacial score (nSPS) is 11.4. The highest BCUT2D eigenvalue weighted by Gasteiger charge is 2.23. The van der Waals surface area contributed by atoms with E-state index in [1.54, 1.807) is 12.1 Å². The molecule has 26 heavy (non-hydrogen) atoms. The molecule has 142 valence electrons. The van der Waals surface area contributed by atoms with E-state index >= 15 is 0 Å². The fourth-order valence-electron chi connectivity index (χ4n) is 2.04. The van der Waals surface area contributed by atoms with Gasteiger partial charge in [0, 0.05) is 5.56 Å². The van der Waals surface area contributed by atoms with Gasteiger partial charge in [-0.25, -0.2) is 9.59 Å². The molecule has 0 saturated heterocycles. The number of amides is 1. The number of rotatable bonds is 10. The number of carbonyl (C=O) groups is 4. The molecular weight excluding hydrogens is 342 g/mol. The summed E-state index contributed by atoms with van der Waals surface area (Å²) >= 11 is 0. The van der Waals surface area contributed by atoms with E-state index < -0.39 is 30.5 Å². The molecule has 0 aliphatic carbocycles. The van der Waals surface area contributed by atoms with E-state index in [4.69, 9.17) is 9.47 Å². The maximum atomic E-state index is 11.8. The third-order valence-electron chi connectivity index (χ3n) is 3.27. The zero-order valence-corrected chi connectivity index (χ0v) is 15.0. The van der Waals surface area contributed by atoms with Crippen LogP contribution < -0.4 is 10.1 Å². The molecule has 0 aromatic heterocycles. The second kappa shape index (κ2) is 10.9. The molecule has 8 nitrogen and oxygen atoms in total. The highest BCUT2D eigenvalue weighted by molar-refractivity contribution is 5.86. The zero-order chi connectivity index (χ0) is 19.5. The van der Waals surface area contributed by atoms with Gasteiger partial charge in [0.1, 0.15) is 18.1 Å². The van der Waals surface area contributed by atoms with Gasteiger partial charge >= 0.3 is 11.9 Å². The smallest absolute Gasteiger partial charge is 0.344 e. The van der Waals surface area contributed by atoms with E-state index in [1.807, 2.05) is 13.8 Å². The minimum atomic E-state index is -0.793. The summed E-state index contributed by atoms with van der Waals surface area (Å²) in [5, 5.41) is 2.48. The number of benzene rings is 1. The van der Waals surface area contributed by atoms with Crippen LogP contribution in [0.1, 0.15) is 30.6 Å². The number of hydrogen-bond donors (Lipinski definition) is 1. The predicted octanol–water partition coefficient (Wildman–Crippen LogP) is 1.12. The standard InChI is InChI=1S/C18H23NO7/c1-12(2)8-15(18(23)24-3)19-16(21)10-26-17(22)11-25-14-6-4-13(9-20)5-7-14/h4-7,9,12,15H,8,10-11H2,1-3H3,(H,19,21)/t15-/m0/s1. The summed E-state index contributed by atoms with van der Waals surface area (Å²) in [6, 6.07) is 5.37. The van der Waals surface area contributed by atoms with Crippen LogP contribution in [-0.2, 0) is 23.9 Å². The molecule has 0 saturated carbocycles. The Morgan fingerprint density at radius 3 is 2.31 bits per heavy atom. The molecule has 1 atom stereocenters. The Kier molecular flexibility index (Phi) is 8.83. The average Bonchev–Trinajstić information content (AvgIpc) is 2.63. The summed E-state index contributed by atoms with van der Waals surface area (Å²) < 4.78 is 14.6. The topological polar surface area (TPSA) is 108 Å². The van der Waals surface area contributed by atoms with Gasteiger partial charge in [-0.15, -0.1) is 0 Å². The molecule has 0 aliphatic heterocycles. The third kappa shape index (κ3) is 7.78. The Morgan fingerprint density at radius 1 is 1.12 bits per heavy atom. The van der Waals surface area contributed by atoms with E-state index in [1.165, 1.54) is 19.2 Å². The van der Waals surface area contributed by atoms with E-state index in [2.05, 4.69) is 10.1 Å². The molecule has 1 aromatic carbocycles. The minimum Gasteiger partial charge on any atom is -0.482 e. The van der Waals surface area contributed by atoms with Gasteiger partial charge in [-0.2, -0.15) is 0 Å². The number of nitrogens with one attached hydrogen (secondary N) is 1. The molecule has 0 fully saturated rings. The molecule has 8 heteroatoms. The molecule has 1 aromatic rings. The van der Waals surface area contributed by atoms with Gasteiger partial charge in [0.15, 0.2) is 13.2 Å². The van der Waals surface area contributed by atoms with Crippen molar-refractivity contribution in [2.75, 3.05) is 20.3 Å². The fourth-order valence-corrected chi connectivity index (χ4v) is 2.04. The quantitative estimate of drug-likeness (QED) is 0.489. The lowest BCUT2D eigenvalue weighted by Crippen LogP contribution is -2.44. The van der Waals surface area contributed by atoms with Crippen molar-refractivity contribution in [3.63, 3.8) is 0 Å². The summed E-state index contributed by atoms with van der Waals surface area (Å²) in [4.78, 5) is 45.6. The Labute approximate surface area is 151 Å². The molecule has 1 amide bonds. The predicted molar refractivity (Wildman–Crippen MR) is 91.7 cm³/mol. The van der Waals surface area contributed by atoms with Crippen molar-refractivity contribution in [1.29, 1.82) is 0 Å². The Bertz CT molecular complexity index is 625. The van der Waals surface area contributed by atoms with Crippen LogP contribution in [0.5, 0.6) is 5.75 Å². The Morgan fingerprint density at radius 2 is 1.77 bits per heavy atom. The summed E-state index contributed by atoms with van der Waals surface area (Å²) in [5.74, 6) is -1.34. The molecule has 0 spiro atoms. The van der Waals surface area contributed by atoms with Crippen molar-refractivity contribution in [2.45, 2.75) is 26.3 Å². The van der Waals surface area contributed by atoms with Crippen molar-refractivity contribution in [1.82, 2.24) is 5.32 Å². The van der Waals surface area contributed by atoms with E-state index in [-0.39, 0.29) is 12.5 Å². The van der Waals surface area contributed by atoms with E-state index in [9.17, 15) is 19.2 Å². The number of aldehydes is 1. The van der Waals surface area contributed by atoms with Crippen LogP contribution >= 0.6 is 0 Å². The molecule has 1 rings (SSSR count). The van der Waals surface area contributed by atoms with Gasteiger partial charge in [0.05, 0.1) is 7.11 Å². The molecule has 1 N–H and O–H groups in total. The lowest BCUT2D eigenvalue weighted by molar-refractivity contribution is -0.151. The van der Waals surface area contributed by atoms with Crippen molar-refractivity contribution < 1.29 is 33.4 Å². The highest BCUT2D eigenvalue weighted by Crippen LogP contribution is 2.11. The maximum absolute atomic E-state index is 11.8. The van der Waals surface area contributed by atoms with Gasteiger partial charge < -0.3 is 19.5 Å². The monoisotopic (exact) mass is 365 g/mol. The number of hydrogen-bond acceptors (Lipinski definition) is 7. The van der Waals surface area contributed by atoms with Crippen LogP contribution in [-0.4, -0.2) is 50.5 Å². The van der Waals surface area contributed by atoms with Crippen LogP contribution in [0.15, 0.2) is 24.3 Å². The number of esters is 2. The van der Waals surface area contributed by atoms with Crippen molar-refractivity contribution in [2.24, 2.45) is 5.92 Å². The van der Waals surface area contributed by atoms with E-state index in [0.717, 1.165) is 0 Å². The van der Waals surface area contributed by atoms with Gasteiger partial charge in [0.2, 0.25) is 0 Å². The first-order valence-electron chi connectivity index (χ1n) is 8.06. The average molecular weight is 365 g/mol. The Balaban J connectivity index is 2.38. The van der Waals surface area contributed by atoms with Crippen LogP contribution in [0.2, 0.25) is 0 Å². The van der Waals surface area contributed by atoms with Gasteiger partial charge in [0.25, 0.3) is 5.91 Å². The van der Waals surface area contributed by atoms with Crippen molar-refractivity contribution in [3.05, 3.63) is 29.8 Å². The molecule has 0 heterocycles. The lowest BCUT2D eigenvalue weighted by Gasteiger charge is -2.18. The molecule has 0 bridgehead atoms. The number of methoxy groups -OCH3 is 1. The summed E-state index contributed by atoms with van der Waals surface area (Å²) in [6.45, 7) is 2.89. The molecular formula is C18H23NO7. The SMILES string of the molecule is COC(=O)[C@H](CC(C)C)NC(=O)COC(=O)COc1ccc(C=O)cc1. The number of carbonyl (C=O) groups excluding carboxylic acids is 4. The Hall–Kier alpha value is -2.90. The van der Waals surface area contributed by atoms with Crippen LogP contribution in [0.4, 0.5) is 0 Å². The second-order valence-corrected chi connectivity index (χ2v) is 5.91. The minimum absolute atomic E-state index is 0.168. The third-order valence-corrected chi connectivity index (χ3v) is 3.27. The van der Waals surface area contributed by atoms with Gasteiger partial charge in [-0.1, -0.05) is 13.8 Å². The first-order valence-corrected chi connectivity index (χ1v) is 8.06. The lowest BCUT2D eigenvalue weighted by atomic mass is 10.0. The zero-order valence-electron chi connectivity index (χ0n) is 15.0. The highest BCUT2D eigenvalue weighted by atomic mass is 16.6. The first kappa shape index (κ1) is 21.1. The summed E-state index contributed by atoms with van der Waals surface area (Å²) in [5.41, 5.74) is 0.484. The van der Waals surface area contributed by atoms with Gasteiger partial charge in [-0.05, 0) is 36.6 Å². The van der Waals surface area contributed by atoms with Crippen LogP contribution in [0.25, 0.3) is 0 Å². The number of ether oxygens (including phenoxy) is 3. The van der Waals surface area contributed by atoms with Crippen molar-refractivity contribution in [3.8, 4) is 5.75 Å². The van der Waals surface area contributed by atoms with Gasteiger partial charge in [-0.3, -0.25) is 9.59 Å².